The number of hydrogen-bond donors (Lipinski definition) is 1. The van der Waals surface area contributed by atoms with Crippen molar-refractivity contribution in [2.45, 2.75) is 6.17 Å². The van der Waals surface area contributed by atoms with Crippen LogP contribution in [0.15, 0.2) is 24.3 Å². The molecule has 15 heavy (non-hydrogen) atoms. The number of carbonyl (C=O) groups is 2. The highest BCUT2D eigenvalue weighted by atomic mass is 19.1. The predicted molar refractivity (Wildman–Crippen MR) is 53.4 cm³/mol. The Labute approximate surface area is 85.7 Å². The first kappa shape index (κ1) is 9.64. The van der Waals surface area contributed by atoms with Crippen molar-refractivity contribution in [1.29, 1.82) is 0 Å². The van der Waals surface area contributed by atoms with E-state index in [0.717, 1.165) is 0 Å². The van der Waals surface area contributed by atoms with Gasteiger partial charge in [0.15, 0.2) is 6.17 Å². The molecule has 0 aliphatic carbocycles. The lowest BCUT2D eigenvalue weighted by Crippen LogP contribution is -2.32. The first-order valence-electron chi connectivity index (χ1n) is 4.48. The first-order chi connectivity index (χ1) is 7.22. The minimum atomic E-state index is -1.69. The average molecular weight is 208 g/mol. The Morgan fingerprint density at radius 1 is 1.47 bits per heavy atom. The number of benzene rings is 1. The number of fused-ring (bicyclic) bond motifs is 1. The first-order valence-corrected chi connectivity index (χ1v) is 4.48. The Hall–Kier alpha value is -1.91. The number of nitrogens with zero attached hydrogens (tertiary/aromatic N) is 1. The summed E-state index contributed by atoms with van der Waals surface area (Å²) in [6.07, 6.45) is -1.17. The van der Waals surface area contributed by atoms with Crippen LogP contribution in [0.5, 0.6) is 0 Å². The van der Waals surface area contributed by atoms with Gasteiger partial charge in [0.2, 0.25) is 6.41 Å². The third-order valence-corrected chi connectivity index (χ3v) is 2.24. The molecule has 2 amide bonds. The normalized spacial score (nSPS) is 20.2. The van der Waals surface area contributed by atoms with Crippen LogP contribution in [0.25, 0.3) is 0 Å². The molecule has 0 aromatic heterocycles. The minimum absolute atomic E-state index is 0.244. The molecule has 0 saturated heterocycles. The standard InChI is InChI=1S/C10H9FN2O2/c11-7-5-13(6-14)9-4-2-1-3-8(9)12-10(7)15/h1-4,6-7H,5H2,(H,12,15)/t7-/m0/s1. The molecule has 4 nitrogen and oxygen atoms in total. The minimum Gasteiger partial charge on any atom is -0.322 e. The molecule has 0 radical (unpaired) electrons. The van der Waals surface area contributed by atoms with Crippen molar-refractivity contribution in [2.24, 2.45) is 0 Å². The van der Waals surface area contributed by atoms with Crippen LogP contribution in [0.4, 0.5) is 15.8 Å². The Morgan fingerprint density at radius 2 is 2.20 bits per heavy atom. The summed E-state index contributed by atoms with van der Waals surface area (Å²) in [6, 6.07) is 6.71. The second-order valence-electron chi connectivity index (χ2n) is 3.23. The molecule has 0 bridgehead atoms. The lowest BCUT2D eigenvalue weighted by Gasteiger charge is -2.16. The molecular formula is C10H9FN2O2. The number of carbonyl (C=O) groups excluding carboxylic acids is 2. The van der Waals surface area contributed by atoms with Crippen LogP contribution in [0, 0.1) is 0 Å². The lowest BCUT2D eigenvalue weighted by atomic mass is 10.2. The Balaban J connectivity index is 2.46. The van der Waals surface area contributed by atoms with E-state index in [-0.39, 0.29) is 6.54 Å². The van der Waals surface area contributed by atoms with E-state index in [0.29, 0.717) is 17.8 Å². The van der Waals surface area contributed by atoms with E-state index in [4.69, 9.17) is 0 Å². The van der Waals surface area contributed by atoms with E-state index in [1.807, 2.05) is 0 Å². The van der Waals surface area contributed by atoms with Crippen molar-refractivity contribution in [1.82, 2.24) is 0 Å². The van der Waals surface area contributed by atoms with Crippen molar-refractivity contribution in [3.8, 4) is 0 Å². The van der Waals surface area contributed by atoms with Gasteiger partial charge >= 0.3 is 0 Å². The number of anilines is 2. The maximum Gasteiger partial charge on any atom is 0.260 e. The third kappa shape index (κ3) is 1.68. The highest BCUT2D eigenvalue weighted by Gasteiger charge is 2.26. The fourth-order valence-electron chi connectivity index (χ4n) is 1.49. The highest BCUT2D eigenvalue weighted by Crippen LogP contribution is 2.27. The number of rotatable bonds is 1. The zero-order valence-electron chi connectivity index (χ0n) is 7.81. The van der Waals surface area contributed by atoms with E-state index in [9.17, 15) is 14.0 Å². The van der Waals surface area contributed by atoms with Gasteiger partial charge in [-0.2, -0.15) is 0 Å². The lowest BCUT2D eigenvalue weighted by molar-refractivity contribution is -0.120. The number of amides is 2. The van der Waals surface area contributed by atoms with Gasteiger partial charge in [-0.3, -0.25) is 9.59 Å². The van der Waals surface area contributed by atoms with E-state index in [1.54, 1.807) is 24.3 Å². The molecular weight excluding hydrogens is 199 g/mol. The van der Waals surface area contributed by atoms with Gasteiger partial charge in [-0.05, 0) is 12.1 Å². The fraction of sp³-hybridized carbons (Fsp3) is 0.200. The van der Waals surface area contributed by atoms with Crippen LogP contribution in [0.1, 0.15) is 0 Å². The smallest absolute Gasteiger partial charge is 0.260 e. The van der Waals surface area contributed by atoms with Crippen molar-refractivity contribution in [3.63, 3.8) is 0 Å². The molecule has 78 valence electrons. The molecule has 1 aliphatic heterocycles. The van der Waals surface area contributed by atoms with Crippen molar-refractivity contribution in [2.75, 3.05) is 16.8 Å². The van der Waals surface area contributed by atoms with Crippen LogP contribution < -0.4 is 10.2 Å². The van der Waals surface area contributed by atoms with Crippen LogP contribution in [0.3, 0.4) is 0 Å². The maximum atomic E-state index is 13.2. The van der Waals surface area contributed by atoms with Crippen LogP contribution in [0.2, 0.25) is 0 Å². The number of halogens is 1. The van der Waals surface area contributed by atoms with Crippen molar-refractivity contribution in [3.05, 3.63) is 24.3 Å². The van der Waals surface area contributed by atoms with Gasteiger partial charge in [-0.15, -0.1) is 0 Å². The van der Waals surface area contributed by atoms with Crippen molar-refractivity contribution < 1.29 is 14.0 Å². The Kier molecular flexibility index (Phi) is 2.37. The number of para-hydroxylation sites is 2. The van der Waals surface area contributed by atoms with Crippen molar-refractivity contribution >= 4 is 23.7 Å². The van der Waals surface area contributed by atoms with Gasteiger partial charge in [0.05, 0.1) is 17.9 Å². The molecule has 0 unspecified atom stereocenters. The van der Waals surface area contributed by atoms with Crippen LogP contribution >= 0.6 is 0 Å². The average Bonchev–Trinajstić information content (AvgIpc) is 2.37. The summed E-state index contributed by atoms with van der Waals surface area (Å²) in [6.45, 7) is -0.244. The Morgan fingerprint density at radius 3 is 2.93 bits per heavy atom. The molecule has 2 rings (SSSR count). The molecule has 1 N–H and O–H groups in total. The molecule has 0 spiro atoms. The van der Waals surface area contributed by atoms with Gasteiger partial charge in [0.25, 0.3) is 5.91 Å². The molecule has 0 fully saturated rings. The van der Waals surface area contributed by atoms with E-state index < -0.39 is 12.1 Å². The molecule has 1 aromatic carbocycles. The zero-order chi connectivity index (χ0) is 10.8. The molecule has 1 heterocycles. The molecule has 0 saturated carbocycles. The van der Waals surface area contributed by atoms with Gasteiger partial charge in [0.1, 0.15) is 0 Å². The van der Waals surface area contributed by atoms with E-state index in [1.165, 1.54) is 4.90 Å². The van der Waals surface area contributed by atoms with Gasteiger partial charge in [0, 0.05) is 0 Å². The van der Waals surface area contributed by atoms with Gasteiger partial charge < -0.3 is 10.2 Å². The topological polar surface area (TPSA) is 49.4 Å². The summed E-state index contributed by atoms with van der Waals surface area (Å²) in [4.78, 5) is 23.1. The van der Waals surface area contributed by atoms with Crippen LogP contribution in [-0.4, -0.2) is 25.0 Å². The summed E-state index contributed by atoms with van der Waals surface area (Å²) in [5.74, 6) is -0.716. The summed E-state index contributed by atoms with van der Waals surface area (Å²) >= 11 is 0. The molecule has 5 heteroatoms. The predicted octanol–water partition coefficient (Wildman–Crippen LogP) is 0.940. The summed E-state index contributed by atoms with van der Waals surface area (Å²) in [5, 5.41) is 2.42. The SMILES string of the molecule is O=CN1C[C@H](F)C(=O)Nc2ccccc21. The van der Waals surface area contributed by atoms with E-state index >= 15 is 0 Å². The molecule has 1 aromatic rings. The number of alkyl halides is 1. The number of hydrogen-bond acceptors (Lipinski definition) is 2. The monoisotopic (exact) mass is 208 g/mol. The maximum absolute atomic E-state index is 13.2. The summed E-state index contributed by atoms with van der Waals surface area (Å²) in [5.41, 5.74) is 0.968. The third-order valence-electron chi connectivity index (χ3n) is 2.24. The Bertz CT molecular complexity index is 408. The largest absolute Gasteiger partial charge is 0.322 e. The second-order valence-corrected chi connectivity index (χ2v) is 3.23. The zero-order valence-corrected chi connectivity index (χ0v) is 7.81. The van der Waals surface area contributed by atoms with Crippen LogP contribution in [-0.2, 0) is 9.59 Å². The van der Waals surface area contributed by atoms with E-state index in [2.05, 4.69) is 5.32 Å². The fourth-order valence-corrected chi connectivity index (χ4v) is 1.49. The summed E-state index contributed by atoms with van der Waals surface area (Å²) in [7, 11) is 0. The number of nitrogens with one attached hydrogen (secondary N) is 1. The molecule has 1 aliphatic rings. The second kappa shape index (κ2) is 3.68. The van der Waals surface area contributed by atoms with Gasteiger partial charge in [-0.25, -0.2) is 4.39 Å². The summed E-state index contributed by atoms with van der Waals surface area (Å²) < 4.78 is 13.2. The van der Waals surface area contributed by atoms with Gasteiger partial charge in [-0.1, -0.05) is 12.1 Å². The quantitative estimate of drug-likeness (QED) is 0.698. The molecule has 1 atom stereocenters. The highest BCUT2D eigenvalue weighted by molar-refractivity contribution is 6.01.